The maximum absolute atomic E-state index is 12.0. The second kappa shape index (κ2) is 5.84. The van der Waals surface area contributed by atoms with Gasteiger partial charge in [0.15, 0.2) is 0 Å². The van der Waals surface area contributed by atoms with Gasteiger partial charge in [-0.25, -0.2) is 0 Å². The number of nitrogens with two attached hydrogens (primary N) is 1. The van der Waals surface area contributed by atoms with Crippen molar-refractivity contribution in [1.29, 1.82) is 0 Å². The molecule has 1 aromatic carbocycles. The van der Waals surface area contributed by atoms with Crippen molar-refractivity contribution in [2.45, 2.75) is 26.3 Å². The van der Waals surface area contributed by atoms with Crippen molar-refractivity contribution in [2.24, 2.45) is 5.73 Å². The Morgan fingerprint density at radius 2 is 2.00 bits per heavy atom. The highest BCUT2D eigenvalue weighted by molar-refractivity contribution is 7.09. The quantitative estimate of drug-likeness (QED) is 0.908. The lowest BCUT2D eigenvalue weighted by Gasteiger charge is -2.08. The zero-order valence-electron chi connectivity index (χ0n) is 10.8. The van der Waals surface area contributed by atoms with E-state index in [9.17, 15) is 9.59 Å². The second-order valence-corrected chi connectivity index (χ2v) is 5.27. The second-order valence-electron chi connectivity index (χ2n) is 4.23. The molecule has 2 rings (SSSR count). The molecule has 1 amide bonds. The van der Waals surface area contributed by atoms with Crippen LogP contribution >= 0.6 is 11.3 Å². The summed E-state index contributed by atoms with van der Waals surface area (Å²) in [6, 6.07) is 9.76. The van der Waals surface area contributed by atoms with Crippen LogP contribution in [0.5, 0.6) is 0 Å². The summed E-state index contributed by atoms with van der Waals surface area (Å²) in [7, 11) is 0. The predicted octanol–water partition coefficient (Wildman–Crippen LogP) is 2.01. The van der Waals surface area contributed by atoms with Crippen molar-refractivity contribution in [3.63, 3.8) is 0 Å². The Labute approximate surface area is 115 Å². The van der Waals surface area contributed by atoms with Crippen molar-refractivity contribution < 1.29 is 4.79 Å². The fourth-order valence-electron chi connectivity index (χ4n) is 2.03. The standard InChI is InChI=1S/C14H16N2O2S/c1-2-11-13(10-6-4-3-5-7-10)16(14(18)19-11)9-8-12(15)17/h3-7H,2,8-9H2,1H3,(H2,15,17). The van der Waals surface area contributed by atoms with Crippen LogP contribution in [0.1, 0.15) is 18.2 Å². The number of hydrogen-bond acceptors (Lipinski definition) is 3. The molecule has 100 valence electrons. The van der Waals surface area contributed by atoms with Gasteiger partial charge in [-0.1, -0.05) is 48.6 Å². The molecule has 4 nitrogen and oxygen atoms in total. The van der Waals surface area contributed by atoms with E-state index in [1.807, 2.05) is 37.3 Å². The van der Waals surface area contributed by atoms with Crippen LogP contribution in [0.4, 0.5) is 0 Å². The monoisotopic (exact) mass is 276 g/mol. The molecular formula is C14H16N2O2S. The van der Waals surface area contributed by atoms with E-state index in [-0.39, 0.29) is 11.3 Å². The molecule has 2 N–H and O–H groups in total. The fraction of sp³-hybridized carbons (Fsp3) is 0.286. The lowest BCUT2D eigenvalue weighted by Crippen LogP contribution is -2.20. The molecule has 0 unspecified atom stereocenters. The first kappa shape index (κ1) is 13.5. The Kier molecular flexibility index (Phi) is 4.16. The number of rotatable bonds is 5. The minimum absolute atomic E-state index is 0.0306. The number of carbonyl (C=O) groups is 1. The zero-order chi connectivity index (χ0) is 13.8. The average Bonchev–Trinajstić information content (AvgIpc) is 2.73. The van der Waals surface area contributed by atoms with Crippen LogP contribution in [0.2, 0.25) is 0 Å². The third-order valence-corrected chi connectivity index (χ3v) is 4.04. The molecule has 0 aliphatic carbocycles. The molecular weight excluding hydrogens is 260 g/mol. The summed E-state index contributed by atoms with van der Waals surface area (Å²) >= 11 is 1.24. The topological polar surface area (TPSA) is 65.1 Å². The van der Waals surface area contributed by atoms with Gasteiger partial charge in [-0.3, -0.25) is 14.2 Å². The molecule has 19 heavy (non-hydrogen) atoms. The third-order valence-electron chi connectivity index (χ3n) is 2.92. The van der Waals surface area contributed by atoms with E-state index in [0.29, 0.717) is 6.54 Å². The molecule has 0 atom stereocenters. The van der Waals surface area contributed by atoms with Gasteiger partial charge in [0, 0.05) is 17.8 Å². The smallest absolute Gasteiger partial charge is 0.307 e. The number of nitrogens with zero attached hydrogens (tertiary/aromatic N) is 1. The van der Waals surface area contributed by atoms with E-state index in [1.54, 1.807) is 4.57 Å². The molecule has 2 aromatic rings. The van der Waals surface area contributed by atoms with Crippen LogP contribution in [0, 0.1) is 0 Å². The molecule has 0 fully saturated rings. The largest absolute Gasteiger partial charge is 0.370 e. The van der Waals surface area contributed by atoms with Crippen molar-refractivity contribution in [3.8, 4) is 11.3 Å². The van der Waals surface area contributed by atoms with Gasteiger partial charge in [0.05, 0.1) is 5.69 Å². The normalized spacial score (nSPS) is 10.6. The van der Waals surface area contributed by atoms with Gasteiger partial charge in [0.1, 0.15) is 0 Å². The molecule has 0 saturated carbocycles. The summed E-state index contributed by atoms with van der Waals surface area (Å²) < 4.78 is 1.66. The number of aryl methyl sites for hydroxylation is 1. The Bertz CT molecular complexity index is 629. The summed E-state index contributed by atoms with van der Waals surface area (Å²) in [5.41, 5.74) is 7.09. The van der Waals surface area contributed by atoms with E-state index in [1.165, 1.54) is 11.3 Å². The maximum atomic E-state index is 12.0. The number of primary amides is 1. The van der Waals surface area contributed by atoms with Crippen molar-refractivity contribution in [1.82, 2.24) is 4.57 Å². The number of thiazole rings is 1. The van der Waals surface area contributed by atoms with Gasteiger partial charge in [-0.2, -0.15) is 0 Å². The van der Waals surface area contributed by atoms with Gasteiger partial charge in [-0.15, -0.1) is 0 Å². The molecule has 0 aliphatic rings. The summed E-state index contributed by atoms with van der Waals surface area (Å²) in [5.74, 6) is -0.393. The zero-order valence-corrected chi connectivity index (χ0v) is 11.6. The molecule has 0 aliphatic heterocycles. The minimum atomic E-state index is -0.393. The van der Waals surface area contributed by atoms with Crippen molar-refractivity contribution >= 4 is 17.2 Å². The number of amides is 1. The first-order valence-corrected chi connectivity index (χ1v) is 7.01. The van der Waals surface area contributed by atoms with Crippen LogP contribution in [-0.2, 0) is 17.8 Å². The molecule has 0 bridgehead atoms. The Balaban J connectivity index is 2.50. The first-order valence-electron chi connectivity index (χ1n) is 6.19. The van der Waals surface area contributed by atoms with E-state index in [2.05, 4.69) is 0 Å². The summed E-state index contributed by atoms with van der Waals surface area (Å²) in [5, 5.41) is 0. The average molecular weight is 276 g/mol. The van der Waals surface area contributed by atoms with Crippen molar-refractivity contribution in [3.05, 3.63) is 44.9 Å². The highest BCUT2D eigenvalue weighted by Gasteiger charge is 2.15. The number of carbonyl (C=O) groups excluding carboxylic acids is 1. The number of aromatic nitrogens is 1. The number of benzene rings is 1. The first-order chi connectivity index (χ1) is 9.13. The Hall–Kier alpha value is -1.88. The van der Waals surface area contributed by atoms with E-state index < -0.39 is 5.91 Å². The van der Waals surface area contributed by atoms with Crippen LogP contribution in [0.3, 0.4) is 0 Å². The van der Waals surface area contributed by atoms with Crippen molar-refractivity contribution in [2.75, 3.05) is 0 Å². The predicted molar refractivity (Wildman–Crippen MR) is 77.2 cm³/mol. The van der Waals surface area contributed by atoms with E-state index >= 15 is 0 Å². The van der Waals surface area contributed by atoms with E-state index in [4.69, 9.17) is 5.73 Å². The van der Waals surface area contributed by atoms with Crippen LogP contribution in [-0.4, -0.2) is 10.5 Å². The summed E-state index contributed by atoms with van der Waals surface area (Å²) in [6.45, 7) is 2.37. The summed E-state index contributed by atoms with van der Waals surface area (Å²) in [4.78, 5) is 24.0. The molecule has 5 heteroatoms. The minimum Gasteiger partial charge on any atom is -0.370 e. The molecule has 1 aromatic heterocycles. The lowest BCUT2D eigenvalue weighted by atomic mass is 10.1. The third kappa shape index (κ3) is 2.93. The highest BCUT2D eigenvalue weighted by Crippen LogP contribution is 2.26. The van der Waals surface area contributed by atoms with Gasteiger partial charge >= 0.3 is 4.87 Å². The molecule has 0 spiro atoms. The van der Waals surface area contributed by atoms with Gasteiger partial charge in [0.25, 0.3) is 0 Å². The Morgan fingerprint density at radius 1 is 1.32 bits per heavy atom. The maximum Gasteiger partial charge on any atom is 0.307 e. The van der Waals surface area contributed by atoms with Crippen LogP contribution in [0.15, 0.2) is 35.1 Å². The van der Waals surface area contributed by atoms with Gasteiger partial charge in [0.2, 0.25) is 5.91 Å². The molecule has 0 saturated heterocycles. The number of hydrogen-bond donors (Lipinski definition) is 1. The molecule has 0 radical (unpaired) electrons. The lowest BCUT2D eigenvalue weighted by molar-refractivity contribution is -0.118. The SMILES string of the molecule is CCc1sc(=O)n(CCC(N)=O)c1-c1ccccc1. The highest BCUT2D eigenvalue weighted by atomic mass is 32.1. The summed E-state index contributed by atoms with van der Waals surface area (Å²) in [6.07, 6.45) is 0.979. The van der Waals surface area contributed by atoms with Gasteiger partial charge < -0.3 is 5.73 Å². The molecule has 1 heterocycles. The van der Waals surface area contributed by atoms with E-state index in [0.717, 1.165) is 22.6 Å². The van der Waals surface area contributed by atoms with Crippen LogP contribution < -0.4 is 10.6 Å². The van der Waals surface area contributed by atoms with Gasteiger partial charge in [-0.05, 0) is 12.0 Å². The fourth-order valence-corrected chi connectivity index (χ4v) is 3.00. The van der Waals surface area contributed by atoms with Crippen LogP contribution in [0.25, 0.3) is 11.3 Å². The Morgan fingerprint density at radius 3 is 2.58 bits per heavy atom.